The van der Waals surface area contributed by atoms with Crippen molar-refractivity contribution >= 4 is 5.69 Å². The maximum absolute atomic E-state index is 13.3. The van der Waals surface area contributed by atoms with Gasteiger partial charge in [0, 0.05) is 19.0 Å². The molecule has 3 nitrogen and oxygen atoms in total. The summed E-state index contributed by atoms with van der Waals surface area (Å²) in [7, 11) is 0. The van der Waals surface area contributed by atoms with Crippen molar-refractivity contribution in [2.24, 2.45) is 0 Å². The molecule has 0 bridgehead atoms. The molecule has 1 aliphatic rings. The molecule has 1 unspecified atom stereocenters. The number of phenols is 1. The first kappa shape index (κ1) is 14.7. The standard InChI is InChI=1S/C18H20FNO2/c1-2-8-20-12-16(10-13-4-3-5-14(19)9-13)22-18-11-15(21)6-7-17(18)20/h3-7,9,11,16,21H,2,8,10,12H2,1H3. The molecule has 2 aromatic carbocycles. The SMILES string of the molecule is CCCN1CC(Cc2cccc(F)c2)Oc2cc(O)ccc21. The summed E-state index contributed by atoms with van der Waals surface area (Å²) < 4.78 is 19.3. The summed E-state index contributed by atoms with van der Waals surface area (Å²) in [5.41, 5.74) is 1.93. The Bertz CT molecular complexity index is 659. The van der Waals surface area contributed by atoms with Crippen molar-refractivity contribution < 1.29 is 14.2 Å². The summed E-state index contributed by atoms with van der Waals surface area (Å²) in [6.45, 7) is 3.83. The van der Waals surface area contributed by atoms with Crippen LogP contribution in [-0.4, -0.2) is 24.3 Å². The molecule has 3 rings (SSSR count). The van der Waals surface area contributed by atoms with E-state index in [0.717, 1.165) is 30.8 Å². The quantitative estimate of drug-likeness (QED) is 0.933. The van der Waals surface area contributed by atoms with Crippen LogP contribution in [0.3, 0.4) is 0 Å². The summed E-state index contributed by atoms with van der Waals surface area (Å²) in [6, 6.07) is 11.8. The number of halogens is 1. The van der Waals surface area contributed by atoms with E-state index in [2.05, 4.69) is 11.8 Å². The van der Waals surface area contributed by atoms with Gasteiger partial charge in [-0.05, 0) is 36.2 Å². The highest BCUT2D eigenvalue weighted by atomic mass is 19.1. The van der Waals surface area contributed by atoms with E-state index in [4.69, 9.17) is 4.74 Å². The second-order valence-corrected chi connectivity index (χ2v) is 5.67. The van der Waals surface area contributed by atoms with E-state index >= 15 is 0 Å². The van der Waals surface area contributed by atoms with Gasteiger partial charge in [0.15, 0.2) is 0 Å². The molecule has 1 heterocycles. The van der Waals surface area contributed by atoms with Crippen molar-refractivity contribution in [3.63, 3.8) is 0 Å². The van der Waals surface area contributed by atoms with Gasteiger partial charge in [0.2, 0.25) is 0 Å². The monoisotopic (exact) mass is 301 g/mol. The number of rotatable bonds is 4. The third-order valence-corrected chi connectivity index (χ3v) is 3.85. The number of benzene rings is 2. The van der Waals surface area contributed by atoms with E-state index in [1.807, 2.05) is 12.1 Å². The molecule has 0 aromatic heterocycles. The molecular weight excluding hydrogens is 281 g/mol. The van der Waals surface area contributed by atoms with Crippen molar-refractivity contribution in [2.75, 3.05) is 18.0 Å². The predicted molar refractivity (Wildman–Crippen MR) is 85.1 cm³/mol. The maximum atomic E-state index is 13.3. The highest BCUT2D eigenvalue weighted by molar-refractivity contribution is 5.62. The van der Waals surface area contributed by atoms with Gasteiger partial charge in [-0.15, -0.1) is 0 Å². The predicted octanol–water partition coefficient (Wildman–Crippen LogP) is 3.75. The summed E-state index contributed by atoms with van der Waals surface area (Å²) in [6.07, 6.45) is 1.63. The van der Waals surface area contributed by atoms with Gasteiger partial charge in [-0.2, -0.15) is 0 Å². The molecule has 0 amide bonds. The third-order valence-electron chi connectivity index (χ3n) is 3.85. The lowest BCUT2D eigenvalue weighted by Gasteiger charge is -2.36. The second-order valence-electron chi connectivity index (χ2n) is 5.67. The van der Waals surface area contributed by atoms with Crippen LogP contribution in [0.15, 0.2) is 42.5 Å². The number of aromatic hydroxyl groups is 1. The van der Waals surface area contributed by atoms with E-state index in [0.29, 0.717) is 12.2 Å². The number of ether oxygens (including phenoxy) is 1. The van der Waals surface area contributed by atoms with E-state index < -0.39 is 0 Å². The first-order valence-corrected chi connectivity index (χ1v) is 7.65. The van der Waals surface area contributed by atoms with Crippen molar-refractivity contribution in [2.45, 2.75) is 25.9 Å². The normalized spacial score (nSPS) is 17.0. The van der Waals surface area contributed by atoms with Gasteiger partial charge in [-0.1, -0.05) is 19.1 Å². The van der Waals surface area contributed by atoms with Crippen molar-refractivity contribution in [3.8, 4) is 11.5 Å². The Balaban J connectivity index is 1.83. The Morgan fingerprint density at radius 2 is 2.14 bits per heavy atom. The minimum Gasteiger partial charge on any atom is -0.508 e. The van der Waals surface area contributed by atoms with E-state index in [-0.39, 0.29) is 17.7 Å². The van der Waals surface area contributed by atoms with E-state index in [1.165, 1.54) is 6.07 Å². The molecular formula is C18H20FNO2. The van der Waals surface area contributed by atoms with Crippen LogP contribution in [0.4, 0.5) is 10.1 Å². The van der Waals surface area contributed by atoms with Gasteiger partial charge in [0.05, 0.1) is 12.2 Å². The Kier molecular flexibility index (Phi) is 4.18. The maximum Gasteiger partial charge on any atom is 0.146 e. The van der Waals surface area contributed by atoms with Gasteiger partial charge in [0.1, 0.15) is 23.4 Å². The fraction of sp³-hybridized carbons (Fsp3) is 0.333. The number of nitrogens with zero attached hydrogens (tertiary/aromatic N) is 1. The van der Waals surface area contributed by atoms with Gasteiger partial charge < -0.3 is 14.7 Å². The smallest absolute Gasteiger partial charge is 0.146 e. The lowest BCUT2D eigenvalue weighted by molar-refractivity contribution is 0.193. The molecule has 1 aliphatic heterocycles. The summed E-state index contributed by atoms with van der Waals surface area (Å²) in [5, 5.41) is 9.67. The number of hydrogen-bond acceptors (Lipinski definition) is 3. The van der Waals surface area contributed by atoms with Crippen LogP contribution in [0.2, 0.25) is 0 Å². The van der Waals surface area contributed by atoms with Gasteiger partial charge in [-0.3, -0.25) is 0 Å². The van der Waals surface area contributed by atoms with Crippen LogP contribution in [0, 0.1) is 5.82 Å². The molecule has 0 radical (unpaired) electrons. The number of anilines is 1. The molecule has 1 N–H and O–H groups in total. The van der Waals surface area contributed by atoms with Crippen LogP contribution in [0.1, 0.15) is 18.9 Å². The van der Waals surface area contributed by atoms with Gasteiger partial charge in [0.25, 0.3) is 0 Å². The first-order chi connectivity index (χ1) is 10.7. The van der Waals surface area contributed by atoms with Crippen molar-refractivity contribution in [1.29, 1.82) is 0 Å². The zero-order valence-corrected chi connectivity index (χ0v) is 12.6. The Morgan fingerprint density at radius 1 is 1.27 bits per heavy atom. The zero-order valence-electron chi connectivity index (χ0n) is 12.6. The minimum absolute atomic E-state index is 0.0531. The number of hydrogen-bond donors (Lipinski definition) is 1. The molecule has 0 saturated heterocycles. The van der Waals surface area contributed by atoms with Gasteiger partial charge >= 0.3 is 0 Å². The molecule has 0 fully saturated rings. The van der Waals surface area contributed by atoms with Gasteiger partial charge in [-0.25, -0.2) is 4.39 Å². The van der Waals surface area contributed by atoms with Crippen molar-refractivity contribution in [1.82, 2.24) is 0 Å². The van der Waals surface area contributed by atoms with E-state index in [1.54, 1.807) is 24.3 Å². The number of fused-ring (bicyclic) bond motifs is 1. The summed E-state index contributed by atoms with van der Waals surface area (Å²) in [4.78, 5) is 2.27. The summed E-state index contributed by atoms with van der Waals surface area (Å²) in [5.74, 6) is 0.666. The summed E-state index contributed by atoms with van der Waals surface area (Å²) >= 11 is 0. The van der Waals surface area contributed by atoms with Crippen LogP contribution >= 0.6 is 0 Å². The Morgan fingerprint density at radius 3 is 2.91 bits per heavy atom. The minimum atomic E-state index is -0.225. The fourth-order valence-corrected chi connectivity index (χ4v) is 2.93. The molecule has 116 valence electrons. The highest BCUT2D eigenvalue weighted by Gasteiger charge is 2.25. The highest BCUT2D eigenvalue weighted by Crippen LogP contribution is 2.36. The van der Waals surface area contributed by atoms with Crippen LogP contribution in [0.25, 0.3) is 0 Å². The molecule has 1 atom stereocenters. The number of phenolic OH excluding ortho intramolecular Hbond substituents is 1. The molecule has 0 spiro atoms. The molecule has 22 heavy (non-hydrogen) atoms. The van der Waals surface area contributed by atoms with E-state index in [9.17, 15) is 9.50 Å². The molecule has 4 heteroatoms. The first-order valence-electron chi connectivity index (χ1n) is 7.65. The molecule has 0 aliphatic carbocycles. The molecule has 0 saturated carbocycles. The zero-order chi connectivity index (χ0) is 15.5. The van der Waals surface area contributed by atoms with Crippen LogP contribution in [0.5, 0.6) is 11.5 Å². The Labute approximate surface area is 130 Å². The largest absolute Gasteiger partial charge is 0.508 e. The third kappa shape index (κ3) is 3.16. The van der Waals surface area contributed by atoms with Crippen molar-refractivity contribution in [3.05, 3.63) is 53.8 Å². The lowest BCUT2D eigenvalue weighted by atomic mass is 10.0. The second kappa shape index (κ2) is 6.26. The topological polar surface area (TPSA) is 32.7 Å². The average Bonchev–Trinajstić information content (AvgIpc) is 2.47. The lowest BCUT2D eigenvalue weighted by Crippen LogP contribution is -2.41. The Hall–Kier alpha value is -2.23. The molecule has 2 aromatic rings. The average molecular weight is 301 g/mol. The fourth-order valence-electron chi connectivity index (χ4n) is 2.93. The van der Waals surface area contributed by atoms with Crippen LogP contribution in [-0.2, 0) is 6.42 Å². The van der Waals surface area contributed by atoms with Crippen LogP contribution < -0.4 is 9.64 Å².